The first-order chi connectivity index (χ1) is 7.75. The van der Waals surface area contributed by atoms with Gasteiger partial charge in [-0.2, -0.15) is 0 Å². The topological polar surface area (TPSA) is 59.7 Å². The van der Waals surface area contributed by atoms with Crippen molar-refractivity contribution >= 4 is 5.97 Å². The van der Waals surface area contributed by atoms with Crippen LogP contribution in [0.25, 0.3) is 0 Å². The summed E-state index contributed by atoms with van der Waals surface area (Å²) in [6.07, 6.45) is 5.10. The molecule has 1 aliphatic rings. The molecule has 1 heterocycles. The Bertz CT molecular complexity index is 350. The van der Waals surface area contributed by atoms with Gasteiger partial charge in [0.1, 0.15) is 12.4 Å². The minimum absolute atomic E-state index is 0.0283. The van der Waals surface area contributed by atoms with E-state index in [1.807, 2.05) is 0 Å². The van der Waals surface area contributed by atoms with Gasteiger partial charge in [0.05, 0.1) is 0 Å². The molecule has 0 aromatic carbocycles. The zero-order valence-electron chi connectivity index (χ0n) is 9.15. The lowest BCUT2D eigenvalue weighted by Crippen LogP contribution is -2.04. The Morgan fingerprint density at radius 3 is 2.81 bits per heavy atom. The molecule has 1 aromatic heterocycles. The number of hydrogen-bond acceptors (Lipinski definition) is 3. The van der Waals surface area contributed by atoms with Gasteiger partial charge in [-0.15, -0.1) is 0 Å². The van der Waals surface area contributed by atoms with E-state index in [2.05, 4.69) is 0 Å². The van der Waals surface area contributed by atoms with Gasteiger partial charge in [0, 0.05) is 6.61 Å². The molecular weight excluding hydrogens is 208 g/mol. The van der Waals surface area contributed by atoms with Gasteiger partial charge in [-0.1, -0.05) is 12.8 Å². The lowest BCUT2D eigenvalue weighted by atomic mass is 10.1. The summed E-state index contributed by atoms with van der Waals surface area (Å²) in [6, 6.07) is 3.11. The molecule has 0 unspecified atom stereocenters. The highest BCUT2D eigenvalue weighted by Crippen LogP contribution is 2.25. The fourth-order valence-electron chi connectivity index (χ4n) is 2.07. The molecule has 4 heteroatoms. The summed E-state index contributed by atoms with van der Waals surface area (Å²) in [6.45, 7) is 1.12. The second-order valence-corrected chi connectivity index (χ2v) is 4.24. The second kappa shape index (κ2) is 5.16. The molecule has 1 saturated carbocycles. The molecule has 0 bridgehead atoms. The summed E-state index contributed by atoms with van der Waals surface area (Å²) in [5.74, 6) is 0.186. The molecule has 1 fully saturated rings. The van der Waals surface area contributed by atoms with E-state index in [-0.39, 0.29) is 5.76 Å². The number of carboxylic acid groups (broad SMARTS) is 1. The van der Waals surface area contributed by atoms with Crippen molar-refractivity contribution in [2.75, 3.05) is 6.61 Å². The van der Waals surface area contributed by atoms with Gasteiger partial charge in [-0.25, -0.2) is 4.79 Å². The second-order valence-electron chi connectivity index (χ2n) is 4.24. The molecule has 0 saturated heterocycles. The van der Waals surface area contributed by atoms with Crippen molar-refractivity contribution in [1.29, 1.82) is 0 Å². The zero-order valence-corrected chi connectivity index (χ0v) is 9.15. The van der Waals surface area contributed by atoms with Gasteiger partial charge < -0.3 is 14.3 Å². The van der Waals surface area contributed by atoms with E-state index in [0.717, 1.165) is 6.61 Å². The first kappa shape index (κ1) is 11.2. The van der Waals surface area contributed by atoms with Gasteiger partial charge >= 0.3 is 5.97 Å². The molecule has 0 spiro atoms. The van der Waals surface area contributed by atoms with Gasteiger partial charge in [0.2, 0.25) is 5.76 Å². The maximum atomic E-state index is 10.6. The first-order valence-corrected chi connectivity index (χ1v) is 5.65. The summed E-state index contributed by atoms with van der Waals surface area (Å²) in [4.78, 5) is 10.6. The number of ether oxygens (including phenoxy) is 1. The van der Waals surface area contributed by atoms with Crippen molar-refractivity contribution in [1.82, 2.24) is 0 Å². The van der Waals surface area contributed by atoms with Crippen molar-refractivity contribution in [3.8, 4) is 0 Å². The average Bonchev–Trinajstić information content (AvgIpc) is 2.87. The number of carbonyl (C=O) groups is 1. The summed E-state index contributed by atoms with van der Waals surface area (Å²) in [7, 11) is 0. The van der Waals surface area contributed by atoms with Crippen LogP contribution in [0.15, 0.2) is 16.5 Å². The van der Waals surface area contributed by atoms with Crippen LogP contribution in [0.3, 0.4) is 0 Å². The normalized spacial score (nSPS) is 16.8. The lowest BCUT2D eigenvalue weighted by Gasteiger charge is -2.08. The van der Waals surface area contributed by atoms with Crippen molar-refractivity contribution in [3.05, 3.63) is 23.7 Å². The van der Waals surface area contributed by atoms with Gasteiger partial charge in [0.15, 0.2) is 0 Å². The average molecular weight is 224 g/mol. The third-order valence-corrected chi connectivity index (χ3v) is 2.95. The Labute approximate surface area is 94.2 Å². The van der Waals surface area contributed by atoms with Crippen LogP contribution in [0.4, 0.5) is 0 Å². The Morgan fingerprint density at radius 1 is 1.44 bits per heavy atom. The quantitative estimate of drug-likeness (QED) is 0.835. The van der Waals surface area contributed by atoms with Crippen LogP contribution in [0.1, 0.15) is 42.0 Å². The highest BCUT2D eigenvalue weighted by atomic mass is 16.5. The molecule has 2 rings (SSSR count). The number of hydrogen-bond donors (Lipinski definition) is 1. The molecule has 0 aliphatic heterocycles. The van der Waals surface area contributed by atoms with Crippen LogP contribution in [0.5, 0.6) is 0 Å². The van der Waals surface area contributed by atoms with Crippen molar-refractivity contribution in [2.24, 2.45) is 5.92 Å². The maximum Gasteiger partial charge on any atom is 0.371 e. The van der Waals surface area contributed by atoms with E-state index in [0.29, 0.717) is 18.3 Å². The highest BCUT2D eigenvalue weighted by Gasteiger charge is 2.15. The van der Waals surface area contributed by atoms with E-state index < -0.39 is 5.97 Å². The fraction of sp³-hybridized carbons (Fsp3) is 0.583. The summed E-state index contributed by atoms with van der Waals surface area (Å²) >= 11 is 0. The van der Waals surface area contributed by atoms with Crippen LogP contribution < -0.4 is 0 Å². The number of rotatable bonds is 5. The summed E-state index contributed by atoms with van der Waals surface area (Å²) in [5.41, 5.74) is 0. The van der Waals surface area contributed by atoms with Crippen molar-refractivity contribution in [3.63, 3.8) is 0 Å². The number of carboxylic acids is 1. The van der Waals surface area contributed by atoms with Crippen LogP contribution in [0, 0.1) is 5.92 Å². The zero-order chi connectivity index (χ0) is 11.4. The van der Waals surface area contributed by atoms with Crippen LogP contribution >= 0.6 is 0 Å². The first-order valence-electron chi connectivity index (χ1n) is 5.65. The SMILES string of the molecule is O=C(O)c1ccc(COCC2CCCC2)o1. The van der Waals surface area contributed by atoms with Crippen molar-refractivity contribution < 1.29 is 19.1 Å². The lowest BCUT2D eigenvalue weighted by molar-refractivity contribution is 0.0625. The summed E-state index contributed by atoms with van der Waals surface area (Å²) in [5, 5.41) is 8.66. The van der Waals surface area contributed by atoms with E-state index in [9.17, 15) is 4.79 Å². The third-order valence-electron chi connectivity index (χ3n) is 2.95. The van der Waals surface area contributed by atoms with E-state index in [1.165, 1.54) is 31.7 Å². The van der Waals surface area contributed by atoms with Crippen LogP contribution in [0.2, 0.25) is 0 Å². The fourth-order valence-corrected chi connectivity index (χ4v) is 2.07. The molecular formula is C12H16O4. The van der Waals surface area contributed by atoms with Crippen LogP contribution in [-0.2, 0) is 11.3 Å². The van der Waals surface area contributed by atoms with Crippen LogP contribution in [-0.4, -0.2) is 17.7 Å². The third kappa shape index (κ3) is 2.85. The summed E-state index contributed by atoms with van der Waals surface area (Å²) < 4.78 is 10.6. The maximum absolute atomic E-state index is 10.6. The number of furan rings is 1. The predicted octanol–water partition coefficient (Wildman–Crippen LogP) is 2.68. The monoisotopic (exact) mass is 224 g/mol. The molecule has 1 N–H and O–H groups in total. The molecule has 1 aliphatic carbocycles. The van der Waals surface area contributed by atoms with E-state index in [4.69, 9.17) is 14.3 Å². The molecule has 88 valence electrons. The smallest absolute Gasteiger partial charge is 0.371 e. The molecule has 0 radical (unpaired) electrons. The standard InChI is InChI=1S/C12H16O4/c13-12(14)11-6-5-10(16-11)8-15-7-9-3-1-2-4-9/h5-6,9H,1-4,7-8H2,(H,13,14). The molecule has 0 amide bonds. The Balaban J connectivity index is 1.74. The highest BCUT2D eigenvalue weighted by molar-refractivity contribution is 5.84. The molecule has 16 heavy (non-hydrogen) atoms. The Kier molecular flexibility index (Phi) is 3.62. The minimum atomic E-state index is -1.04. The molecule has 4 nitrogen and oxygen atoms in total. The van der Waals surface area contributed by atoms with E-state index >= 15 is 0 Å². The molecule has 0 atom stereocenters. The van der Waals surface area contributed by atoms with Gasteiger partial charge in [-0.05, 0) is 30.9 Å². The minimum Gasteiger partial charge on any atom is -0.475 e. The Hall–Kier alpha value is -1.29. The van der Waals surface area contributed by atoms with Gasteiger partial charge in [0.25, 0.3) is 0 Å². The Morgan fingerprint density at radius 2 is 2.19 bits per heavy atom. The largest absolute Gasteiger partial charge is 0.475 e. The van der Waals surface area contributed by atoms with Crippen molar-refractivity contribution in [2.45, 2.75) is 32.3 Å². The van der Waals surface area contributed by atoms with Gasteiger partial charge in [-0.3, -0.25) is 0 Å². The number of aromatic carboxylic acids is 1. The predicted molar refractivity (Wildman–Crippen MR) is 57.3 cm³/mol. The molecule has 1 aromatic rings. The van der Waals surface area contributed by atoms with E-state index in [1.54, 1.807) is 6.07 Å².